The Labute approximate surface area is 78.6 Å². The second-order valence-electron chi connectivity index (χ2n) is 1.65. The molecule has 0 heteroatoms. The van der Waals surface area contributed by atoms with Crippen LogP contribution in [-0.4, -0.2) is 0 Å². The molecule has 0 radical (unpaired) electrons. The van der Waals surface area contributed by atoms with Crippen molar-refractivity contribution < 1.29 is 0 Å². The Bertz CT molecular complexity index is 130. The highest BCUT2D eigenvalue weighted by molar-refractivity contribution is 5.11. The number of aryl methyl sites for hydroxylation is 1. The van der Waals surface area contributed by atoms with E-state index in [0.717, 1.165) is 0 Å². The van der Waals surface area contributed by atoms with E-state index in [1.165, 1.54) is 5.56 Å². The molecular formula is C12H24. The molecule has 0 aliphatic carbocycles. The molecule has 1 aromatic rings. The highest BCUT2D eigenvalue weighted by atomic mass is 13.8. The van der Waals surface area contributed by atoms with Crippen molar-refractivity contribution in [2.75, 3.05) is 0 Å². The lowest BCUT2D eigenvalue weighted by molar-refractivity contribution is 1.48. The van der Waals surface area contributed by atoms with Crippen LogP contribution in [-0.2, 0) is 0 Å². The zero-order chi connectivity index (χ0) is 9.11. The molecule has 0 spiro atoms. The Morgan fingerprint density at radius 3 is 1.25 bits per heavy atom. The second-order valence-corrected chi connectivity index (χ2v) is 1.65. The Morgan fingerprint density at radius 2 is 1.08 bits per heavy atom. The SMILES string of the molecule is C.CC.CC.Cc1ccccc1. The average molecular weight is 168 g/mol. The first kappa shape index (κ1) is 17.3. The van der Waals surface area contributed by atoms with Crippen molar-refractivity contribution in [3.05, 3.63) is 35.9 Å². The maximum Gasteiger partial charge on any atom is -0.0398 e. The average Bonchev–Trinajstić information content (AvgIpc) is 2.13. The lowest BCUT2D eigenvalue weighted by Crippen LogP contribution is -1.62. The highest BCUT2D eigenvalue weighted by Gasteiger charge is 1.72. The summed E-state index contributed by atoms with van der Waals surface area (Å²) in [5, 5.41) is 0. The molecule has 0 unspecified atom stereocenters. The fourth-order valence-corrected chi connectivity index (χ4v) is 0.534. The zero-order valence-corrected chi connectivity index (χ0v) is 8.39. The summed E-state index contributed by atoms with van der Waals surface area (Å²) in [6, 6.07) is 10.3. The Kier molecular flexibility index (Phi) is 24.1. The molecule has 1 aromatic carbocycles. The Balaban J connectivity index is -0.000000144. The van der Waals surface area contributed by atoms with Gasteiger partial charge in [0.2, 0.25) is 0 Å². The van der Waals surface area contributed by atoms with Gasteiger partial charge >= 0.3 is 0 Å². The van der Waals surface area contributed by atoms with E-state index in [4.69, 9.17) is 0 Å². The first-order valence-corrected chi connectivity index (χ1v) is 4.41. The summed E-state index contributed by atoms with van der Waals surface area (Å²) in [4.78, 5) is 0. The lowest BCUT2D eigenvalue weighted by Gasteiger charge is -1.82. The van der Waals surface area contributed by atoms with E-state index in [0.29, 0.717) is 0 Å². The monoisotopic (exact) mass is 168 g/mol. The molecule has 12 heavy (non-hydrogen) atoms. The highest BCUT2D eigenvalue weighted by Crippen LogP contribution is 1.92. The molecule has 0 fully saturated rings. The molecule has 0 aromatic heterocycles. The van der Waals surface area contributed by atoms with Gasteiger partial charge in [-0.1, -0.05) is 71.0 Å². The van der Waals surface area contributed by atoms with Gasteiger partial charge in [0.05, 0.1) is 0 Å². The summed E-state index contributed by atoms with van der Waals surface area (Å²) in [5.41, 5.74) is 1.32. The molecule has 0 nitrogen and oxygen atoms in total. The molecule has 0 saturated carbocycles. The van der Waals surface area contributed by atoms with Crippen LogP contribution < -0.4 is 0 Å². The summed E-state index contributed by atoms with van der Waals surface area (Å²) in [7, 11) is 0. The van der Waals surface area contributed by atoms with Crippen molar-refractivity contribution in [2.45, 2.75) is 42.0 Å². The van der Waals surface area contributed by atoms with E-state index >= 15 is 0 Å². The van der Waals surface area contributed by atoms with Crippen LogP contribution in [0.4, 0.5) is 0 Å². The maximum absolute atomic E-state index is 2.08. The van der Waals surface area contributed by atoms with Crippen molar-refractivity contribution in [1.29, 1.82) is 0 Å². The molecule has 0 bridgehead atoms. The standard InChI is InChI=1S/C7H8.2C2H6.CH4/c1-7-5-3-2-4-6-7;2*1-2;/h2-6H,1H3;2*1-2H3;1H4. The zero-order valence-electron chi connectivity index (χ0n) is 8.39. The van der Waals surface area contributed by atoms with Crippen LogP contribution in [0, 0.1) is 6.92 Å². The topological polar surface area (TPSA) is 0 Å². The largest absolute Gasteiger partial charge is 0.0776 e. The third kappa shape index (κ3) is 12.0. The normalized spacial score (nSPS) is 6.08. The van der Waals surface area contributed by atoms with Gasteiger partial charge in [0.1, 0.15) is 0 Å². The number of rotatable bonds is 0. The summed E-state index contributed by atoms with van der Waals surface area (Å²) >= 11 is 0. The van der Waals surface area contributed by atoms with Crippen LogP contribution in [0.15, 0.2) is 30.3 Å². The first-order chi connectivity index (χ1) is 5.39. The van der Waals surface area contributed by atoms with Gasteiger partial charge < -0.3 is 0 Å². The van der Waals surface area contributed by atoms with E-state index in [1.54, 1.807) is 0 Å². The molecule has 0 aliphatic rings. The molecule has 0 heterocycles. The fourth-order valence-electron chi connectivity index (χ4n) is 0.534. The molecule has 0 amide bonds. The van der Waals surface area contributed by atoms with E-state index in [-0.39, 0.29) is 7.43 Å². The maximum atomic E-state index is 2.08. The van der Waals surface area contributed by atoms with E-state index in [1.807, 2.05) is 45.9 Å². The number of hydrogen-bond donors (Lipinski definition) is 0. The first-order valence-electron chi connectivity index (χ1n) is 4.41. The van der Waals surface area contributed by atoms with Crippen molar-refractivity contribution in [1.82, 2.24) is 0 Å². The van der Waals surface area contributed by atoms with E-state index < -0.39 is 0 Å². The molecule has 0 atom stereocenters. The minimum atomic E-state index is 0. The van der Waals surface area contributed by atoms with Crippen LogP contribution in [0.3, 0.4) is 0 Å². The van der Waals surface area contributed by atoms with Crippen molar-refractivity contribution in [3.8, 4) is 0 Å². The molecular weight excluding hydrogens is 144 g/mol. The summed E-state index contributed by atoms with van der Waals surface area (Å²) < 4.78 is 0. The predicted molar refractivity (Wildman–Crippen MR) is 60.6 cm³/mol. The number of benzene rings is 1. The quantitative estimate of drug-likeness (QED) is 0.527. The molecule has 1 rings (SSSR count). The summed E-state index contributed by atoms with van der Waals surface area (Å²) in [6.07, 6.45) is 0. The van der Waals surface area contributed by atoms with Crippen molar-refractivity contribution in [2.24, 2.45) is 0 Å². The minimum Gasteiger partial charge on any atom is -0.0776 e. The van der Waals surface area contributed by atoms with Crippen LogP contribution in [0.2, 0.25) is 0 Å². The van der Waals surface area contributed by atoms with Gasteiger partial charge in [-0.2, -0.15) is 0 Å². The van der Waals surface area contributed by atoms with Crippen LogP contribution >= 0.6 is 0 Å². The third-order valence-electron chi connectivity index (χ3n) is 0.940. The molecule has 0 N–H and O–H groups in total. The van der Waals surface area contributed by atoms with Gasteiger partial charge in [0, 0.05) is 0 Å². The fraction of sp³-hybridized carbons (Fsp3) is 0.500. The summed E-state index contributed by atoms with van der Waals surface area (Å²) in [5.74, 6) is 0. The van der Waals surface area contributed by atoms with Crippen molar-refractivity contribution >= 4 is 0 Å². The van der Waals surface area contributed by atoms with Gasteiger partial charge in [-0.05, 0) is 6.92 Å². The molecule has 0 saturated heterocycles. The van der Waals surface area contributed by atoms with Crippen LogP contribution in [0.25, 0.3) is 0 Å². The summed E-state index contributed by atoms with van der Waals surface area (Å²) in [6.45, 7) is 10.1. The van der Waals surface area contributed by atoms with Crippen molar-refractivity contribution in [3.63, 3.8) is 0 Å². The van der Waals surface area contributed by atoms with Gasteiger partial charge in [0.15, 0.2) is 0 Å². The van der Waals surface area contributed by atoms with Crippen LogP contribution in [0.5, 0.6) is 0 Å². The van der Waals surface area contributed by atoms with Crippen LogP contribution in [0.1, 0.15) is 40.7 Å². The van der Waals surface area contributed by atoms with Gasteiger partial charge in [-0.25, -0.2) is 0 Å². The van der Waals surface area contributed by atoms with Gasteiger partial charge in [-0.15, -0.1) is 0 Å². The smallest absolute Gasteiger partial charge is 0.0398 e. The molecule has 72 valence electrons. The van der Waals surface area contributed by atoms with Gasteiger partial charge in [0.25, 0.3) is 0 Å². The minimum absolute atomic E-state index is 0. The predicted octanol–water partition coefficient (Wildman–Crippen LogP) is 4.68. The third-order valence-corrected chi connectivity index (χ3v) is 0.940. The Hall–Kier alpha value is -0.780. The van der Waals surface area contributed by atoms with E-state index in [9.17, 15) is 0 Å². The molecule has 0 aliphatic heterocycles. The Morgan fingerprint density at radius 1 is 0.750 bits per heavy atom. The second kappa shape index (κ2) is 16.7. The lowest BCUT2D eigenvalue weighted by atomic mass is 10.2. The van der Waals surface area contributed by atoms with E-state index in [2.05, 4.69) is 19.1 Å². The van der Waals surface area contributed by atoms with Gasteiger partial charge in [-0.3, -0.25) is 0 Å². The number of hydrogen-bond acceptors (Lipinski definition) is 0.